The summed E-state index contributed by atoms with van der Waals surface area (Å²) in [6.45, 7) is 5.14. The quantitative estimate of drug-likeness (QED) is 0.438. The third-order valence-corrected chi connectivity index (χ3v) is 5.13. The third-order valence-electron chi connectivity index (χ3n) is 5.13. The van der Waals surface area contributed by atoms with E-state index in [2.05, 4.69) is 20.6 Å². The van der Waals surface area contributed by atoms with Crippen molar-refractivity contribution in [3.8, 4) is 0 Å². The number of hydrogen-bond donors (Lipinski definition) is 3. The van der Waals surface area contributed by atoms with E-state index in [1.54, 1.807) is 23.1 Å². The Labute approximate surface area is 182 Å². The van der Waals surface area contributed by atoms with E-state index < -0.39 is 0 Å². The van der Waals surface area contributed by atoms with Crippen molar-refractivity contribution in [1.82, 2.24) is 20.0 Å². The van der Waals surface area contributed by atoms with E-state index in [9.17, 15) is 9.59 Å². The van der Waals surface area contributed by atoms with Crippen LogP contribution in [-0.2, 0) is 22.7 Å². The number of amides is 2. The van der Waals surface area contributed by atoms with Gasteiger partial charge in [0, 0.05) is 44.1 Å². The lowest BCUT2D eigenvalue weighted by Gasteiger charge is -2.34. The number of benzene rings is 1. The van der Waals surface area contributed by atoms with Crippen molar-refractivity contribution >= 4 is 23.5 Å². The van der Waals surface area contributed by atoms with Crippen LogP contribution in [-0.4, -0.2) is 52.1 Å². The first-order valence-corrected chi connectivity index (χ1v) is 10.7. The Hall–Kier alpha value is -3.36. The van der Waals surface area contributed by atoms with Crippen LogP contribution in [0.5, 0.6) is 0 Å². The Bertz CT molecular complexity index is 895. The Kier molecular flexibility index (Phi) is 8.03. The molecule has 1 aromatic heterocycles. The van der Waals surface area contributed by atoms with E-state index in [0.29, 0.717) is 13.0 Å². The van der Waals surface area contributed by atoms with Crippen LogP contribution < -0.4 is 16.4 Å². The van der Waals surface area contributed by atoms with Gasteiger partial charge in [-0.2, -0.15) is 5.10 Å². The Morgan fingerprint density at radius 3 is 2.94 bits per heavy atom. The maximum absolute atomic E-state index is 12.2. The molecular formula is C22H31N7O2. The number of carbonyl (C=O) groups excluding carboxylic acids is 2. The molecule has 0 bridgehead atoms. The van der Waals surface area contributed by atoms with E-state index in [1.807, 2.05) is 31.2 Å². The number of carbonyl (C=O) groups is 2. The molecule has 0 spiro atoms. The third kappa shape index (κ3) is 7.13. The number of rotatable bonds is 8. The van der Waals surface area contributed by atoms with Crippen molar-refractivity contribution in [2.75, 3.05) is 25.0 Å². The fraction of sp³-hybridized carbons (Fsp3) is 0.455. The standard InChI is InChI=1S/C22H31N7O2/c1-2-24-22(28-10-4-7-18(15-28)13-20(23)30)25-14-17-6-3-8-19(12-17)27-21(31)16-29-11-5-9-26-29/h3,5-6,8-9,11-12,18H,2,4,7,10,13-16H2,1H3,(H2,23,30)(H,24,25)(H,27,31). The second-order valence-corrected chi connectivity index (χ2v) is 7.75. The highest BCUT2D eigenvalue weighted by atomic mass is 16.2. The second kappa shape index (κ2) is 11.1. The smallest absolute Gasteiger partial charge is 0.246 e. The maximum atomic E-state index is 12.2. The summed E-state index contributed by atoms with van der Waals surface area (Å²) in [5.41, 5.74) is 7.12. The van der Waals surface area contributed by atoms with Crippen molar-refractivity contribution in [2.24, 2.45) is 16.6 Å². The first kappa shape index (κ1) is 22.3. The predicted molar refractivity (Wildman–Crippen MR) is 120 cm³/mol. The lowest BCUT2D eigenvalue weighted by atomic mass is 9.95. The summed E-state index contributed by atoms with van der Waals surface area (Å²) in [5, 5.41) is 10.3. The lowest BCUT2D eigenvalue weighted by molar-refractivity contribution is -0.119. The van der Waals surface area contributed by atoms with Crippen LogP contribution in [0.4, 0.5) is 5.69 Å². The molecule has 1 unspecified atom stereocenters. The molecule has 0 aliphatic carbocycles. The van der Waals surface area contributed by atoms with Crippen molar-refractivity contribution in [3.05, 3.63) is 48.3 Å². The van der Waals surface area contributed by atoms with Crippen molar-refractivity contribution in [2.45, 2.75) is 39.3 Å². The molecule has 0 saturated carbocycles. The molecule has 1 aliphatic heterocycles. The number of aromatic nitrogens is 2. The average Bonchev–Trinajstić information content (AvgIpc) is 3.24. The highest BCUT2D eigenvalue weighted by Gasteiger charge is 2.23. The summed E-state index contributed by atoms with van der Waals surface area (Å²) in [7, 11) is 0. The molecule has 31 heavy (non-hydrogen) atoms. The van der Waals surface area contributed by atoms with Crippen molar-refractivity contribution in [3.63, 3.8) is 0 Å². The second-order valence-electron chi connectivity index (χ2n) is 7.75. The van der Waals surface area contributed by atoms with Gasteiger partial charge in [0.2, 0.25) is 11.8 Å². The molecule has 166 valence electrons. The van der Waals surface area contributed by atoms with Gasteiger partial charge < -0.3 is 21.3 Å². The number of nitrogens with two attached hydrogens (primary N) is 1. The molecule has 2 heterocycles. The number of piperidine rings is 1. The molecule has 1 aromatic carbocycles. The number of nitrogens with one attached hydrogen (secondary N) is 2. The Morgan fingerprint density at radius 2 is 2.19 bits per heavy atom. The molecule has 9 nitrogen and oxygen atoms in total. The first-order chi connectivity index (χ1) is 15.0. The van der Waals surface area contributed by atoms with E-state index >= 15 is 0 Å². The van der Waals surface area contributed by atoms with Crippen LogP contribution in [0.3, 0.4) is 0 Å². The van der Waals surface area contributed by atoms with Gasteiger partial charge in [-0.3, -0.25) is 14.3 Å². The first-order valence-electron chi connectivity index (χ1n) is 10.7. The minimum atomic E-state index is -0.250. The van der Waals surface area contributed by atoms with Crippen molar-refractivity contribution < 1.29 is 9.59 Å². The van der Waals surface area contributed by atoms with Gasteiger partial charge in [-0.05, 0) is 49.4 Å². The van der Waals surface area contributed by atoms with Gasteiger partial charge in [-0.25, -0.2) is 4.99 Å². The zero-order valence-electron chi connectivity index (χ0n) is 18.0. The molecule has 1 aliphatic rings. The lowest BCUT2D eigenvalue weighted by Crippen LogP contribution is -2.47. The van der Waals surface area contributed by atoms with Gasteiger partial charge in [0.15, 0.2) is 5.96 Å². The SMILES string of the molecule is CCNC(=NCc1cccc(NC(=O)Cn2cccn2)c1)N1CCCC(CC(N)=O)C1. The number of hydrogen-bond acceptors (Lipinski definition) is 4. The minimum Gasteiger partial charge on any atom is -0.370 e. The molecule has 2 aromatic rings. The van der Waals surface area contributed by atoms with Crippen LogP contribution in [0.15, 0.2) is 47.7 Å². The molecular weight excluding hydrogens is 394 g/mol. The highest BCUT2D eigenvalue weighted by molar-refractivity contribution is 5.90. The minimum absolute atomic E-state index is 0.133. The van der Waals surface area contributed by atoms with Gasteiger partial charge in [-0.15, -0.1) is 0 Å². The average molecular weight is 426 g/mol. The number of likely N-dealkylation sites (tertiary alicyclic amines) is 1. The van der Waals surface area contributed by atoms with Gasteiger partial charge >= 0.3 is 0 Å². The fourth-order valence-electron chi connectivity index (χ4n) is 3.79. The van der Waals surface area contributed by atoms with Crippen LogP contribution >= 0.6 is 0 Å². The van der Waals surface area contributed by atoms with Gasteiger partial charge in [-0.1, -0.05) is 12.1 Å². The highest BCUT2D eigenvalue weighted by Crippen LogP contribution is 2.20. The molecule has 1 fully saturated rings. The number of aliphatic imine (C=N–C) groups is 1. The summed E-state index contributed by atoms with van der Waals surface area (Å²) in [6.07, 6.45) is 5.84. The zero-order valence-corrected chi connectivity index (χ0v) is 18.0. The normalized spacial score (nSPS) is 16.7. The van der Waals surface area contributed by atoms with Crippen LogP contribution in [0.2, 0.25) is 0 Å². The molecule has 1 atom stereocenters. The Balaban J connectivity index is 1.62. The molecule has 9 heteroatoms. The molecule has 0 radical (unpaired) electrons. The summed E-state index contributed by atoms with van der Waals surface area (Å²) in [4.78, 5) is 30.5. The largest absolute Gasteiger partial charge is 0.370 e. The summed E-state index contributed by atoms with van der Waals surface area (Å²) in [6, 6.07) is 9.47. The predicted octanol–water partition coefficient (Wildman–Crippen LogP) is 1.57. The van der Waals surface area contributed by atoms with Gasteiger partial charge in [0.05, 0.1) is 6.54 Å². The topological polar surface area (TPSA) is 118 Å². The van der Waals surface area contributed by atoms with Crippen LogP contribution in [0.25, 0.3) is 0 Å². The fourth-order valence-corrected chi connectivity index (χ4v) is 3.79. The number of anilines is 1. The zero-order chi connectivity index (χ0) is 22.1. The van der Waals surface area contributed by atoms with E-state index in [1.165, 1.54) is 0 Å². The van der Waals surface area contributed by atoms with E-state index in [0.717, 1.165) is 49.7 Å². The molecule has 1 saturated heterocycles. The molecule has 4 N–H and O–H groups in total. The summed E-state index contributed by atoms with van der Waals surface area (Å²) >= 11 is 0. The number of primary amides is 1. The summed E-state index contributed by atoms with van der Waals surface area (Å²) in [5.74, 6) is 0.722. The monoisotopic (exact) mass is 425 g/mol. The van der Waals surface area contributed by atoms with E-state index in [-0.39, 0.29) is 24.3 Å². The van der Waals surface area contributed by atoms with Crippen molar-refractivity contribution in [1.29, 1.82) is 0 Å². The van der Waals surface area contributed by atoms with Crippen LogP contribution in [0.1, 0.15) is 31.7 Å². The van der Waals surface area contributed by atoms with Gasteiger partial charge in [0.1, 0.15) is 6.54 Å². The summed E-state index contributed by atoms with van der Waals surface area (Å²) < 4.78 is 1.58. The van der Waals surface area contributed by atoms with E-state index in [4.69, 9.17) is 10.7 Å². The molecule has 3 rings (SSSR count). The van der Waals surface area contributed by atoms with Crippen LogP contribution in [0, 0.1) is 5.92 Å². The Morgan fingerprint density at radius 1 is 1.32 bits per heavy atom. The number of nitrogens with zero attached hydrogens (tertiary/aromatic N) is 4. The maximum Gasteiger partial charge on any atom is 0.246 e. The number of guanidine groups is 1. The van der Waals surface area contributed by atoms with Gasteiger partial charge in [0.25, 0.3) is 0 Å². The molecule has 2 amide bonds.